The number of rotatable bonds is 3. The number of aliphatic carboxylic acids is 2. The minimum Gasteiger partial charge on any atom is -0.481 e. The third kappa shape index (κ3) is 4.00. The SMILES string of the molecule is CC12CCC(O)C(C)(C(=O)O)C1CCc1cc3c(cc12)c1ccccc1n3-n1c2ccccc2c2cc3c(cc21)CCC1C3(C)CCC(O)C1(C)C(=O)O. The lowest BCUT2D eigenvalue weighted by atomic mass is 9.49. The van der Waals surface area contributed by atoms with Gasteiger partial charge in [0.05, 0.1) is 45.1 Å². The third-order valence-electron chi connectivity index (χ3n) is 15.7. The molecule has 54 heavy (non-hydrogen) atoms. The largest absolute Gasteiger partial charge is 0.481 e. The molecule has 8 unspecified atom stereocenters. The summed E-state index contributed by atoms with van der Waals surface area (Å²) in [5, 5.41) is 47.6. The number of aliphatic hydroxyl groups excluding tert-OH is 2. The van der Waals surface area contributed by atoms with E-state index in [1.54, 1.807) is 13.8 Å². The number of aromatic nitrogens is 2. The van der Waals surface area contributed by atoms with Crippen molar-refractivity contribution in [1.82, 2.24) is 9.35 Å². The molecule has 2 aromatic heterocycles. The summed E-state index contributed by atoms with van der Waals surface area (Å²) in [5.74, 6) is -2.20. The number of benzene rings is 4. The van der Waals surface area contributed by atoms with E-state index in [1.165, 1.54) is 22.3 Å². The topological polar surface area (TPSA) is 125 Å². The van der Waals surface area contributed by atoms with E-state index in [2.05, 4.69) is 96.0 Å². The molecule has 4 aromatic carbocycles. The van der Waals surface area contributed by atoms with E-state index in [1.807, 2.05) is 0 Å². The molecule has 8 heteroatoms. The molecule has 0 radical (unpaired) electrons. The Morgan fingerprint density at radius 1 is 0.556 bits per heavy atom. The Morgan fingerprint density at radius 3 is 1.33 bits per heavy atom. The molecule has 8 atom stereocenters. The molecule has 2 heterocycles. The van der Waals surface area contributed by atoms with Crippen molar-refractivity contribution in [2.24, 2.45) is 22.7 Å². The van der Waals surface area contributed by atoms with E-state index >= 15 is 0 Å². The Kier molecular flexibility index (Phi) is 6.89. The van der Waals surface area contributed by atoms with Gasteiger partial charge in [-0.15, -0.1) is 0 Å². The van der Waals surface area contributed by atoms with Crippen molar-refractivity contribution in [3.05, 3.63) is 95.1 Å². The van der Waals surface area contributed by atoms with Gasteiger partial charge in [-0.1, -0.05) is 50.2 Å². The highest BCUT2D eigenvalue weighted by Gasteiger charge is 2.61. The molecule has 6 aromatic rings. The number of aliphatic hydroxyl groups is 2. The highest BCUT2D eigenvalue weighted by molar-refractivity contribution is 6.12. The Labute approximate surface area is 314 Å². The highest BCUT2D eigenvalue weighted by atomic mass is 16.4. The predicted molar refractivity (Wildman–Crippen MR) is 210 cm³/mol. The predicted octanol–water partition coefficient (Wildman–Crippen LogP) is 8.35. The van der Waals surface area contributed by atoms with E-state index < -0.39 is 35.0 Å². The molecule has 4 aliphatic rings. The summed E-state index contributed by atoms with van der Waals surface area (Å²) in [7, 11) is 0. The van der Waals surface area contributed by atoms with E-state index in [9.17, 15) is 30.0 Å². The maximum Gasteiger partial charge on any atom is 0.312 e. The molecular weight excluding hydrogens is 677 g/mol. The summed E-state index contributed by atoms with van der Waals surface area (Å²) in [6, 6.07) is 26.4. The maximum atomic E-state index is 12.8. The Balaban J connectivity index is 1.22. The van der Waals surface area contributed by atoms with Gasteiger partial charge in [0.1, 0.15) is 0 Å². The van der Waals surface area contributed by atoms with Crippen LogP contribution >= 0.6 is 0 Å². The zero-order valence-corrected chi connectivity index (χ0v) is 31.4. The van der Waals surface area contributed by atoms with Crippen LogP contribution in [0, 0.1) is 22.7 Å². The second-order valence-electron chi connectivity index (χ2n) is 18.0. The van der Waals surface area contributed by atoms with Gasteiger partial charge in [-0.2, -0.15) is 0 Å². The lowest BCUT2D eigenvalue weighted by Gasteiger charge is -2.55. The number of hydrogen-bond acceptors (Lipinski definition) is 4. The molecule has 0 amide bonds. The van der Waals surface area contributed by atoms with Crippen molar-refractivity contribution < 1.29 is 30.0 Å². The first-order chi connectivity index (χ1) is 25.7. The standard InChI is InChI=1S/C46H48N2O6/c1-43-19-17-39(49)45(3,41(51)52)37(43)15-13-25-21-35-29(23-31(25)43)27-9-5-7-11-33(27)47(35)48-34-12-8-6-10-28(34)30-24-32-26(22-36(30)48)14-16-38-44(32,2)20-18-40(50)46(38,4)42(53)54/h5-12,21-24,37-40,49-50H,13-20H2,1-4H3,(H,51,52)(H,53,54). The van der Waals surface area contributed by atoms with E-state index in [0.717, 1.165) is 69.3 Å². The van der Waals surface area contributed by atoms with Crippen LogP contribution in [-0.2, 0) is 33.3 Å². The van der Waals surface area contributed by atoms with Crippen molar-refractivity contribution in [3.63, 3.8) is 0 Å². The fourth-order valence-corrected chi connectivity index (χ4v) is 12.7. The van der Waals surface area contributed by atoms with Gasteiger partial charge in [0.25, 0.3) is 0 Å². The van der Waals surface area contributed by atoms with Crippen molar-refractivity contribution in [3.8, 4) is 0 Å². The van der Waals surface area contributed by atoms with E-state index in [-0.39, 0.29) is 22.7 Å². The van der Waals surface area contributed by atoms with Gasteiger partial charge < -0.3 is 20.4 Å². The second-order valence-corrected chi connectivity index (χ2v) is 18.0. The molecular formula is C46H48N2O6. The number of nitrogens with zero attached hydrogens (tertiary/aromatic N) is 2. The smallest absolute Gasteiger partial charge is 0.312 e. The molecule has 278 valence electrons. The van der Waals surface area contributed by atoms with Crippen molar-refractivity contribution in [2.45, 2.75) is 102 Å². The molecule has 2 fully saturated rings. The molecule has 4 aliphatic carbocycles. The quantitative estimate of drug-likeness (QED) is 0.146. The van der Waals surface area contributed by atoms with Crippen molar-refractivity contribution in [1.29, 1.82) is 0 Å². The Hall–Kier alpha value is -4.66. The number of fused-ring (bicyclic) bond motifs is 12. The molecule has 10 rings (SSSR count). The Bertz CT molecular complexity index is 2440. The summed E-state index contributed by atoms with van der Waals surface area (Å²) in [6.45, 7) is 7.95. The van der Waals surface area contributed by atoms with Gasteiger partial charge in [-0.25, -0.2) is 9.35 Å². The van der Waals surface area contributed by atoms with E-state index in [4.69, 9.17) is 0 Å². The van der Waals surface area contributed by atoms with Crippen LogP contribution in [0.4, 0.5) is 0 Å². The zero-order chi connectivity index (χ0) is 37.7. The van der Waals surface area contributed by atoms with Crippen LogP contribution in [0.25, 0.3) is 43.6 Å². The number of carboxylic acid groups (broad SMARTS) is 2. The number of hydrogen-bond donors (Lipinski definition) is 4. The van der Waals surface area contributed by atoms with Crippen LogP contribution in [0.3, 0.4) is 0 Å². The summed E-state index contributed by atoms with van der Waals surface area (Å²) in [6.07, 6.45) is 3.53. The van der Waals surface area contributed by atoms with Crippen LogP contribution in [0.2, 0.25) is 0 Å². The van der Waals surface area contributed by atoms with Gasteiger partial charge >= 0.3 is 11.9 Å². The number of para-hydroxylation sites is 2. The van der Waals surface area contributed by atoms with Crippen LogP contribution < -0.4 is 0 Å². The highest BCUT2D eigenvalue weighted by Crippen LogP contribution is 2.60. The zero-order valence-electron chi connectivity index (χ0n) is 31.4. The first-order valence-corrected chi connectivity index (χ1v) is 19.7. The van der Waals surface area contributed by atoms with Crippen LogP contribution in [0.15, 0.2) is 72.8 Å². The minimum atomic E-state index is -1.21. The van der Waals surface area contributed by atoms with Gasteiger partial charge in [0.2, 0.25) is 0 Å². The normalized spacial score (nSPS) is 33.4. The molecule has 2 saturated carbocycles. The third-order valence-corrected chi connectivity index (χ3v) is 15.7. The molecule has 0 spiro atoms. The molecule has 0 aliphatic heterocycles. The lowest BCUT2D eigenvalue weighted by Crippen LogP contribution is -2.58. The lowest BCUT2D eigenvalue weighted by molar-refractivity contribution is -0.172. The van der Waals surface area contributed by atoms with Gasteiger partial charge in [-0.05, 0) is 147 Å². The van der Waals surface area contributed by atoms with Crippen LogP contribution in [-0.4, -0.2) is 53.9 Å². The number of aryl methyl sites for hydroxylation is 2. The van der Waals surface area contributed by atoms with Crippen LogP contribution in [0.5, 0.6) is 0 Å². The van der Waals surface area contributed by atoms with Gasteiger partial charge in [-0.3, -0.25) is 9.59 Å². The van der Waals surface area contributed by atoms with Crippen molar-refractivity contribution >= 4 is 55.6 Å². The molecule has 0 saturated heterocycles. The summed E-state index contributed by atoms with van der Waals surface area (Å²) < 4.78 is 4.74. The fraction of sp³-hybridized carbons (Fsp3) is 0.435. The molecule has 4 N–H and O–H groups in total. The minimum absolute atomic E-state index is 0.185. The average molecular weight is 725 g/mol. The van der Waals surface area contributed by atoms with E-state index in [0.29, 0.717) is 25.7 Å². The first kappa shape index (κ1) is 33.9. The monoisotopic (exact) mass is 724 g/mol. The maximum absolute atomic E-state index is 12.8. The van der Waals surface area contributed by atoms with Gasteiger partial charge in [0.15, 0.2) is 0 Å². The Morgan fingerprint density at radius 2 is 0.944 bits per heavy atom. The number of carboxylic acids is 2. The van der Waals surface area contributed by atoms with Gasteiger partial charge in [0, 0.05) is 21.5 Å². The molecule has 8 nitrogen and oxygen atoms in total. The fourth-order valence-electron chi connectivity index (χ4n) is 12.7. The summed E-state index contributed by atoms with van der Waals surface area (Å²) >= 11 is 0. The second kappa shape index (κ2) is 11.0. The summed E-state index contributed by atoms with van der Waals surface area (Å²) in [4.78, 5) is 25.6. The summed E-state index contributed by atoms with van der Waals surface area (Å²) in [5.41, 5.74) is 6.06. The van der Waals surface area contributed by atoms with Crippen LogP contribution in [0.1, 0.15) is 88.5 Å². The van der Waals surface area contributed by atoms with Crippen molar-refractivity contribution in [2.75, 3.05) is 0 Å². The number of carbonyl (C=O) groups is 2. The first-order valence-electron chi connectivity index (χ1n) is 19.7. The average Bonchev–Trinajstić information content (AvgIpc) is 3.64. The molecule has 0 bridgehead atoms.